The number of fused-ring (bicyclic) bond motifs is 1. The van der Waals surface area contributed by atoms with Crippen LogP contribution in [0.25, 0.3) is 10.2 Å². The van der Waals surface area contributed by atoms with Crippen LogP contribution in [-0.4, -0.2) is 23.9 Å². The van der Waals surface area contributed by atoms with E-state index in [0.717, 1.165) is 5.01 Å². The predicted octanol–water partition coefficient (Wildman–Crippen LogP) is 3.62. The molecule has 128 valence electrons. The standard InChI is InChI=1S/C17H14ClN3O3S/c1-8-20-11-5-6-13(24-2)14(15(11)25-8)17(23)21-12-7-9(18)3-4-10(12)16(19)22/h3-7H,1-2H3,(H2,19,22)(H,21,23). The number of primary amides is 1. The molecule has 3 N–H and O–H groups in total. The van der Waals surface area contributed by atoms with Gasteiger partial charge in [-0.05, 0) is 37.3 Å². The van der Waals surface area contributed by atoms with Gasteiger partial charge in [-0.25, -0.2) is 4.98 Å². The lowest BCUT2D eigenvalue weighted by molar-refractivity contribution is 0.100. The summed E-state index contributed by atoms with van der Waals surface area (Å²) in [6, 6.07) is 7.95. The van der Waals surface area contributed by atoms with E-state index >= 15 is 0 Å². The van der Waals surface area contributed by atoms with Crippen LogP contribution in [0, 0.1) is 6.92 Å². The lowest BCUT2D eigenvalue weighted by Crippen LogP contribution is -2.19. The third-order valence-corrected chi connectivity index (χ3v) is 4.81. The highest BCUT2D eigenvalue weighted by atomic mass is 35.5. The Hall–Kier alpha value is -2.64. The Labute approximate surface area is 152 Å². The van der Waals surface area contributed by atoms with E-state index < -0.39 is 11.8 Å². The van der Waals surface area contributed by atoms with Crippen molar-refractivity contribution in [3.8, 4) is 5.75 Å². The van der Waals surface area contributed by atoms with E-state index in [1.165, 1.54) is 36.6 Å². The van der Waals surface area contributed by atoms with E-state index in [9.17, 15) is 9.59 Å². The van der Waals surface area contributed by atoms with Gasteiger partial charge in [0.05, 0.1) is 33.6 Å². The lowest BCUT2D eigenvalue weighted by atomic mass is 10.1. The molecule has 1 heterocycles. The van der Waals surface area contributed by atoms with E-state index in [2.05, 4.69) is 10.3 Å². The number of hydrogen-bond donors (Lipinski definition) is 2. The zero-order chi connectivity index (χ0) is 18.1. The summed E-state index contributed by atoms with van der Waals surface area (Å²) in [6.45, 7) is 1.86. The highest BCUT2D eigenvalue weighted by Gasteiger charge is 2.21. The number of aromatic nitrogens is 1. The van der Waals surface area contributed by atoms with Crippen LogP contribution in [0.1, 0.15) is 25.7 Å². The Balaban J connectivity index is 2.09. The molecule has 0 bridgehead atoms. The van der Waals surface area contributed by atoms with Crippen molar-refractivity contribution in [2.75, 3.05) is 12.4 Å². The molecule has 3 aromatic rings. The Kier molecular flexibility index (Phi) is 4.61. The molecule has 1 aromatic heterocycles. The number of aryl methyl sites for hydroxylation is 1. The van der Waals surface area contributed by atoms with Crippen LogP contribution in [0.15, 0.2) is 30.3 Å². The van der Waals surface area contributed by atoms with Gasteiger partial charge in [0.1, 0.15) is 11.3 Å². The zero-order valence-corrected chi connectivity index (χ0v) is 15.0. The first-order chi connectivity index (χ1) is 11.9. The first-order valence-corrected chi connectivity index (χ1v) is 8.45. The molecule has 6 nitrogen and oxygen atoms in total. The summed E-state index contributed by atoms with van der Waals surface area (Å²) >= 11 is 7.36. The Morgan fingerprint density at radius 2 is 2.04 bits per heavy atom. The predicted molar refractivity (Wildman–Crippen MR) is 98.8 cm³/mol. The lowest BCUT2D eigenvalue weighted by Gasteiger charge is -2.12. The van der Waals surface area contributed by atoms with E-state index in [1.807, 2.05) is 6.92 Å². The number of rotatable bonds is 4. The van der Waals surface area contributed by atoms with Gasteiger partial charge in [-0.15, -0.1) is 11.3 Å². The molecule has 0 unspecified atom stereocenters. The number of ether oxygens (including phenoxy) is 1. The number of amides is 2. The number of halogens is 1. The molecule has 8 heteroatoms. The topological polar surface area (TPSA) is 94.3 Å². The number of carbonyl (C=O) groups excluding carboxylic acids is 2. The molecule has 0 aliphatic heterocycles. The van der Waals surface area contributed by atoms with Crippen molar-refractivity contribution < 1.29 is 14.3 Å². The minimum absolute atomic E-state index is 0.171. The number of carbonyl (C=O) groups is 2. The second-order valence-corrected chi connectivity index (χ2v) is 6.87. The van der Waals surface area contributed by atoms with Crippen molar-refractivity contribution in [1.82, 2.24) is 4.98 Å². The zero-order valence-electron chi connectivity index (χ0n) is 13.4. The molecule has 0 spiro atoms. The molecule has 0 saturated heterocycles. The van der Waals surface area contributed by atoms with Gasteiger partial charge in [0, 0.05) is 5.02 Å². The minimum Gasteiger partial charge on any atom is -0.496 e. The van der Waals surface area contributed by atoms with Crippen LogP contribution >= 0.6 is 22.9 Å². The van der Waals surface area contributed by atoms with Crippen molar-refractivity contribution in [2.45, 2.75) is 6.92 Å². The summed E-state index contributed by atoms with van der Waals surface area (Å²) in [6.07, 6.45) is 0. The Morgan fingerprint density at radius 1 is 1.28 bits per heavy atom. The number of nitrogens with one attached hydrogen (secondary N) is 1. The van der Waals surface area contributed by atoms with E-state index in [1.54, 1.807) is 12.1 Å². The molecule has 25 heavy (non-hydrogen) atoms. The number of methoxy groups -OCH3 is 1. The molecule has 2 amide bonds. The summed E-state index contributed by atoms with van der Waals surface area (Å²) in [5.41, 5.74) is 6.83. The second-order valence-electron chi connectivity index (χ2n) is 5.23. The maximum atomic E-state index is 12.9. The van der Waals surface area contributed by atoms with Gasteiger partial charge in [-0.3, -0.25) is 9.59 Å². The van der Waals surface area contributed by atoms with Crippen LogP contribution in [0.3, 0.4) is 0 Å². The van der Waals surface area contributed by atoms with Gasteiger partial charge in [0.15, 0.2) is 0 Å². The van der Waals surface area contributed by atoms with Crippen LogP contribution in [0.2, 0.25) is 5.02 Å². The summed E-state index contributed by atoms with van der Waals surface area (Å²) < 4.78 is 6.03. The third kappa shape index (κ3) is 3.29. The fraction of sp³-hybridized carbons (Fsp3) is 0.118. The van der Waals surface area contributed by atoms with Gasteiger partial charge >= 0.3 is 0 Å². The first kappa shape index (κ1) is 17.2. The molecule has 3 rings (SSSR count). The maximum absolute atomic E-state index is 12.9. The van der Waals surface area contributed by atoms with Gasteiger partial charge < -0.3 is 15.8 Å². The highest BCUT2D eigenvalue weighted by Crippen LogP contribution is 2.33. The number of anilines is 1. The summed E-state index contributed by atoms with van der Waals surface area (Å²) in [4.78, 5) is 28.9. The van der Waals surface area contributed by atoms with Crippen molar-refractivity contribution in [2.24, 2.45) is 5.73 Å². The van der Waals surface area contributed by atoms with Crippen molar-refractivity contribution in [3.05, 3.63) is 51.5 Å². The number of benzene rings is 2. The monoisotopic (exact) mass is 375 g/mol. The van der Waals surface area contributed by atoms with Crippen LogP contribution in [0.4, 0.5) is 5.69 Å². The van der Waals surface area contributed by atoms with Gasteiger partial charge in [-0.2, -0.15) is 0 Å². The average molecular weight is 376 g/mol. The quantitative estimate of drug-likeness (QED) is 0.728. The largest absolute Gasteiger partial charge is 0.496 e. The number of hydrogen-bond acceptors (Lipinski definition) is 5. The Morgan fingerprint density at radius 3 is 2.72 bits per heavy atom. The molecular formula is C17H14ClN3O3S. The first-order valence-electron chi connectivity index (χ1n) is 7.25. The molecule has 0 radical (unpaired) electrons. The molecule has 0 aliphatic carbocycles. The van der Waals surface area contributed by atoms with Crippen LogP contribution in [0.5, 0.6) is 5.75 Å². The third-order valence-electron chi connectivity index (χ3n) is 3.57. The molecule has 0 aliphatic rings. The van der Waals surface area contributed by atoms with Crippen molar-refractivity contribution >= 4 is 50.7 Å². The summed E-state index contributed by atoms with van der Waals surface area (Å²) in [7, 11) is 1.49. The fourth-order valence-corrected chi connectivity index (χ4v) is 3.61. The minimum atomic E-state index is -0.661. The number of nitrogens with zero attached hydrogens (tertiary/aromatic N) is 1. The molecule has 0 fully saturated rings. The fourth-order valence-electron chi connectivity index (χ4n) is 2.49. The summed E-state index contributed by atoms with van der Waals surface area (Å²) in [5.74, 6) is -0.682. The number of nitrogens with two attached hydrogens (primary N) is 1. The molecule has 0 atom stereocenters. The smallest absolute Gasteiger partial charge is 0.260 e. The van der Waals surface area contributed by atoms with Gasteiger partial charge in [0.25, 0.3) is 11.8 Å². The Bertz CT molecular complexity index is 1000. The number of thiazole rings is 1. The van der Waals surface area contributed by atoms with Crippen molar-refractivity contribution in [1.29, 1.82) is 0 Å². The van der Waals surface area contributed by atoms with E-state index in [0.29, 0.717) is 26.6 Å². The average Bonchev–Trinajstić information content (AvgIpc) is 2.93. The molecular weight excluding hydrogens is 362 g/mol. The second kappa shape index (κ2) is 6.70. The van der Waals surface area contributed by atoms with Gasteiger partial charge in [0.2, 0.25) is 0 Å². The molecule has 2 aromatic carbocycles. The molecule has 0 saturated carbocycles. The van der Waals surface area contributed by atoms with Crippen LogP contribution in [-0.2, 0) is 0 Å². The summed E-state index contributed by atoms with van der Waals surface area (Å²) in [5, 5.41) is 3.91. The SMILES string of the molecule is COc1ccc2nc(C)sc2c1C(=O)Nc1cc(Cl)ccc1C(N)=O. The van der Waals surface area contributed by atoms with Crippen LogP contribution < -0.4 is 15.8 Å². The van der Waals surface area contributed by atoms with E-state index in [-0.39, 0.29) is 11.3 Å². The normalized spacial score (nSPS) is 10.7. The highest BCUT2D eigenvalue weighted by molar-refractivity contribution is 7.19. The van der Waals surface area contributed by atoms with E-state index in [4.69, 9.17) is 22.1 Å². The van der Waals surface area contributed by atoms with Crippen molar-refractivity contribution in [3.63, 3.8) is 0 Å². The van der Waals surface area contributed by atoms with Gasteiger partial charge in [-0.1, -0.05) is 11.6 Å². The maximum Gasteiger partial charge on any atom is 0.260 e.